The lowest BCUT2D eigenvalue weighted by Crippen LogP contribution is -2.61. The summed E-state index contributed by atoms with van der Waals surface area (Å²) in [5, 5.41) is 9.65. The molecule has 0 radical (unpaired) electrons. The van der Waals surface area contributed by atoms with E-state index in [-0.39, 0.29) is 5.91 Å². The Bertz CT molecular complexity index is 251. The number of carbonyl (C=O) groups is 1. The molecule has 0 aliphatic carbocycles. The molecule has 1 rings (SSSR count). The molecule has 0 aromatic heterocycles. The van der Waals surface area contributed by atoms with E-state index in [9.17, 15) is 9.90 Å². The number of hydrogen-bond donors (Lipinski definition) is 1. The van der Waals surface area contributed by atoms with Crippen molar-refractivity contribution in [3.05, 3.63) is 0 Å². The molecular weight excluding hydrogens is 228 g/mol. The van der Waals surface area contributed by atoms with E-state index in [4.69, 9.17) is 0 Å². The number of amides is 1. The summed E-state index contributed by atoms with van der Waals surface area (Å²) >= 11 is 0. The van der Waals surface area contributed by atoms with Crippen molar-refractivity contribution >= 4 is 5.91 Å². The molecule has 0 aromatic rings. The van der Waals surface area contributed by atoms with Gasteiger partial charge in [0, 0.05) is 26.2 Å². The van der Waals surface area contributed by atoms with Crippen molar-refractivity contribution in [3.63, 3.8) is 0 Å². The van der Waals surface area contributed by atoms with E-state index in [1.54, 1.807) is 0 Å². The molecule has 1 saturated heterocycles. The van der Waals surface area contributed by atoms with Crippen molar-refractivity contribution in [2.24, 2.45) is 0 Å². The van der Waals surface area contributed by atoms with Crippen LogP contribution in [0.1, 0.15) is 46.5 Å². The Kier molecular flexibility index (Phi) is 6.09. The highest BCUT2D eigenvalue weighted by molar-refractivity contribution is 5.78. The number of carbonyl (C=O) groups excluding carboxylic acids is 1. The molecule has 1 heterocycles. The zero-order valence-electron chi connectivity index (χ0n) is 12.1. The number of rotatable bonds is 8. The van der Waals surface area contributed by atoms with Gasteiger partial charge in [0.15, 0.2) is 0 Å². The normalized spacial score (nSPS) is 18.4. The number of nitrogens with zero attached hydrogens (tertiary/aromatic N) is 2. The highest BCUT2D eigenvalue weighted by Gasteiger charge is 2.37. The predicted octanol–water partition coefficient (Wildman–Crippen LogP) is 1.48. The lowest BCUT2D eigenvalue weighted by molar-refractivity contribution is -0.139. The number of aliphatic hydroxyl groups is 1. The van der Waals surface area contributed by atoms with Crippen molar-refractivity contribution in [2.75, 3.05) is 32.7 Å². The lowest BCUT2D eigenvalue weighted by Gasteiger charge is -2.44. The van der Waals surface area contributed by atoms with Gasteiger partial charge in [-0.25, -0.2) is 0 Å². The second kappa shape index (κ2) is 7.10. The molecule has 0 unspecified atom stereocenters. The van der Waals surface area contributed by atoms with Gasteiger partial charge in [-0.1, -0.05) is 26.7 Å². The smallest absolute Gasteiger partial charge is 0.236 e. The van der Waals surface area contributed by atoms with Crippen LogP contribution in [-0.2, 0) is 4.79 Å². The zero-order chi connectivity index (χ0) is 13.6. The van der Waals surface area contributed by atoms with E-state index < -0.39 is 5.60 Å². The van der Waals surface area contributed by atoms with Crippen molar-refractivity contribution < 1.29 is 9.90 Å². The minimum Gasteiger partial charge on any atom is -0.388 e. The second-order valence-electron chi connectivity index (χ2n) is 5.73. The molecule has 1 aliphatic heterocycles. The van der Waals surface area contributed by atoms with Gasteiger partial charge in [-0.05, 0) is 19.8 Å². The molecule has 1 N–H and O–H groups in total. The molecule has 0 bridgehead atoms. The standard InChI is InChI=1S/C14H28N2O2/c1-4-6-8-16(9-7-5-2)13(17)10-15-11-14(3,18)12-15/h18H,4-12H2,1-3H3. The van der Waals surface area contributed by atoms with E-state index in [1.807, 2.05) is 16.7 Å². The maximum absolute atomic E-state index is 12.2. The van der Waals surface area contributed by atoms with E-state index >= 15 is 0 Å². The van der Waals surface area contributed by atoms with Crippen LogP contribution in [0.5, 0.6) is 0 Å². The van der Waals surface area contributed by atoms with Crippen LogP contribution in [0.4, 0.5) is 0 Å². The Morgan fingerprint density at radius 3 is 2.11 bits per heavy atom. The molecule has 106 valence electrons. The Morgan fingerprint density at radius 2 is 1.72 bits per heavy atom. The Hall–Kier alpha value is -0.610. The fourth-order valence-electron chi connectivity index (χ4n) is 2.38. The van der Waals surface area contributed by atoms with Crippen LogP contribution >= 0.6 is 0 Å². The van der Waals surface area contributed by atoms with Crippen molar-refractivity contribution in [1.29, 1.82) is 0 Å². The molecule has 1 amide bonds. The Labute approximate surface area is 111 Å². The molecule has 0 aromatic carbocycles. The van der Waals surface area contributed by atoms with Crippen LogP contribution in [0.3, 0.4) is 0 Å². The van der Waals surface area contributed by atoms with Crippen molar-refractivity contribution in [1.82, 2.24) is 9.80 Å². The zero-order valence-corrected chi connectivity index (χ0v) is 12.1. The summed E-state index contributed by atoms with van der Waals surface area (Å²) in [6.07, 6.45) is 4.39. The molecule has 1 fully saturated rings. The highest BCUT2D eigenvalue weighted by Crippen LogP contribution is 2.19. The summed E-state index contributed by atoms with van der Waals surface area (Å²) in [6.45, 7) is 9.56. The summed E-state index contributed by atoms with van der Waals surface area (Å²) in [5.41, 5.74) is -0.585. The predicted molar refractivity (Wildman–Crippen MR) is 73.5 cm³/mol. The van der Waals surface area contributed by atoms with Crippen LogP contribution in [0, 0.1) is 0 Å². The Balaban J connectivity index is 2.33. The fourth-order valence-corrected chi connectivity index (χ4v) is 2.38. The van der Waals surface area contributed by atoms with Crippen LogP contribution < -0.4 is 0 Å². The topological polar surface area (TPSA) is 43.8 Å². The monoisotopic (exact) mass is 256 g/mol. The van der Waals surface area contributed by atoms with Crippen molar-refractivity contribution in [3.8, 4) is 0 Å². The first-order valence-corrected chi connectivity index (χ1v) is 7.21. The summed E-state index contributed by atoms with van der Waals surface area (Å²) in [6, 6.07) is 0. The maximum Gasteiger partial charge on any atom is 0.236 e. The molecule has 1 aliphatic rings. The maximum atomic E-state index is 12.2. The first-order valence-electron chi connectivity index (χ1n) is 7.21. The quantitative estimate of drug-likeness (QED) is 0.715. The minimum absolute atomic E-state index is 0.215. The van der Waals surface area contributed by atoms with E-state index in [2.05, 4.69) is 13.8 Å². The molecule has 0 saturated carbocycles. The third-order valence-electron chi connectivity index (χ3n) is 3.40. The third kappa shape index (κ3) is 4.94. The molecule has 4 nitrogen and oxygen atoms in total. The summed E-state index contributed by atoms with van der Waals surface area (Å²) in [7, 11) is 0. The Morgan fingerprint density at radius 1 is 1.22 bits per heavy atom. The highest BCUT2D eigenvalue weighted by atomic mass is 16.3. The van der Waals surface area contributed by atoms with Crippen LogP contribution in [-0.4, -0.2) is 59.1 Å². The third-order valence-corrected chi connectivity index (χ3v) is 3.40. The molecule has 4 heteroatoms. The number of likely N-dealkylation sites (tertiary alicyclic amines) is 1. The average Bonchev–Trinajstić information content (AvgIpc) is 2.26. The molecular formula is C14H28N2O2. The first kappa shape index (κ1) is 15.4. The van der Waals surface area contributed by atoms with E-state index in [1.165, 1.54) is 0 Å². The van der Waals surface area contributed by atoms with Gasteiger partial charge in [0.05, 0.1) is 12.1 Å². The number of β-amino-alcohol motifs (C(OH)–C–C–N with tert-alkyl or cyclic N) is 1. The van der Waals surface area contributed by atoms with Crippen molar-refractivity contribution in [2.45, 2.75) is 52.1 Å². The first-order chi connectivity index (χ1) is 8.48. The fraction of sp³-hybridized carbons (Fsp3) is 0.929. The van der Waals surface area contributed by atoms with Gasteiger partial charge in [-0.2, -0.15) is 0 Å². The van der Waals surface area contributed by atoms with E-state index in [0.717, 1.165) is 38.8 Å². The summed E-state index contributed by atoms with van der Waals surface area (Å²) < 4.78 is 0. The average molecular weight is 256 g/mol. The molecule has 18 heavy (non-hydrogen) atoms. The van der Waals surface area contributed by atoms with Gasteiger partial charge < -0.3 is 10.0 Å². The summed E-state index contributed by atoms with van der Waals surface area (Å²) in [4.78, 5) is 16.2. The summed E-state index contributed by atoms with van der Waals surface area (Å²) in [5.74, 6) is 0.215. The van der Waals surface area contributed by atoms with Gasteiger partial charge in [-0.3, -0.25) is 9.69 Å². The van der Waals surface area contributed by atoms with Gasteiger partial charge >= 0.3 is 0 Å². The number of hydrogen-bond acceptors (Lipinski definition) is 3. The SMILES string of the molecule is CCCCN(CCCC)C(=O)CN1CC(C)(O)C1. The van der Waals surface area contributed by atoms with Gasteiger partial charge in [0.1, 0.15) is 0 Å². The van der Waals surface area contributed by atoms with Gasteiger partial charge in [0.2, 0.25) is 5.91 Å². The largest absolute Gasteiger partial charge is 0.388 e. The van der Waals surface area contributed by atoms with Crippen LogP contribution in [0.2, 0.25) is 0 Å². The molecule has 0 spiro atoms. The molecule has 0 atom stereocenters. The van der Waals surface area contributed by atoms with Crippen LogP contribution in [0.15, 0.2) is 0 Å². The van der Waals surface area contributed by atoms with Crippen LogP contribution in [0.25, 0.3) is 0 Å². The van der Waals surface area contributed by atoms with E-state index in [0.29, 0.717) is 19.6 Å². The van der Waals surface area contributed by atoms with Gasteiger partial charge in [-0.15, -0.1) is 0 Å². The lowest BCUT2D eigenvalue weighted by atomic mass is 9.97. The minimum atomic E-state index is -0.585. The number of unbranched alkanes of at least 4 members (excludes halogenated alkanes) is 2. The van der Waals surface area contributed by atoms with Gasteiger partial charge in [0.25, 0.3) is 0 Å². The second-order valence-corrected chi connectivity index (χ2v) is 5.73.